The van der Waals surface area contributed by atoms with Crippen LogP contribution in [0.15, 0.2) is 59.3 Å². The average Bonchev–Trinajstić information content (AvgIpc) is 3.28. The summed E-state index contributed by atoms with van der Waals surface area (Å²) in [6, 6.07) is 12.0. The van der Waals surface area contributed by atoms with Crippen LogP contribution in [-0.4, -0.2) is 51.8 Å². The van der Waals surface area contributed by atoms with E-state index in [9.17, 15) is 14.9 Å². The van der Waals surface area contributed by atoms with Crippen LogP contribution in [-0.2, 0) is 13.2 Å². The zero-order chi connectivity index (χ0) is 22.5. The van der Waals surface area contributed by atoms with Crippen molar-refractivity contribution >= 4 is 11.6 Å². The van der Waals surface area contributed by atoms with Crippen molar-refractivity contribution in [3.8, 4) is 5.75 Å². The molecule has 9 heteroatoms. The number of hydrogen-bond acceptors (Lipinski definition) is 7. The minimum Gasteiger partial charge on any atom is -0.479 e. The number of nitro benzene ring substituents is 1. The third-order valence-corrected chi connectivity index (χ3v) is 5.34. The van der Waals surface area contributed by atoms with E-state index in [4.69, 9.17) is 9.15 Å². The molecule has 0 atom stereocenters. The van der Waals surface area contributed by atoms with Gasteiger partial charge in [0.05, 0.1) is 4.92 Å². The maximum absolute atomic E-state index is 12.8. The van der Waals surface area contributed by atoms with Gasteiger partial charge in [0.25, 0.3) is 5.91 Å². The molecule has 1 aromatic carbocycles. The lowest BCUT2D eigenvalue weighted by atomic mass is 10.2. The van der Waals surface area contributed by atoms with Crippen LogP contribution in [0.2, 0.25) is 0 Å². The highest BCUT2D eigenvalue weighted by Gasteiger charge is 2.24. The van der Waals surface area contributed by atoms with Gasteiger partial charge in [0.1, 0.15) is 12.4 Å². The van der Waals surface area contributed by atoms with E-state index in [0.29, 0.717) is 18.8 Å². The standard InChI is InChI=1S/C23H24N4O5/c1-17-4-6-21(20(13-17)27(29)30)31-16-19-5-7-22(32-19)23(28)26-11-9-25(10-12-26)15-18-3-2-8-24-14-18/h2-8,13-14H,9-12,15-16H2,1H3. The average molecular weight is 436 g/mol. The predicted octanol–water partition coefficient (Wildman–Crippen LogP) is 3.43. The number of aromatic nitrogens is 1. The minimum atomic E-state index is -0.479. The van der Waals surface area contributed by atoms with Crippen LogP contribution in [0.5, 0.6) is 5.75 Å². The van der Waals surface area contributed by atoms with Gasteiger partial charge in [0.15, 0.2) is 11.5 Å². The van der Waals surface area contributed by atoms with Gasteiger partial charge in [0.2, 0.25) is 0 Å². The molecule has 3 heterocycles. The lowest BCUT2D eigenvalue weighted by Gasteiger charge is -2.34. The highest BCUT2D eigenvalue weighted by molar-refractivity contribution is 5.91. The van der Waals surface area contributed by atoms with E-state index in [-0.39, 0.29) is 29.7 Å². The summed E-state index contributed by atoms with van der Waals surface area (Å²) in [4.78, 5) is 31.8. The molecule has 1 aliphatic rings. The molecule has 4 rings (SSSR count). The van der Waals surface area contributed by atoms with Crippen LogP contribution in [0.4, 0.5) is 5.69 Å². The van der Waals surface area contributed by atoms with E-state index in [1.807, 2.05) is 18.3 Å². The molecule has 1 fully saturated rings. The smallest absolute Gasteiger partial charge is 0.311 e. The van der Waals surface area contributed by atoms with Crippen LogP contribution in [0.1, 0.15) is 27.4 Å². The fraction of sp³-hybridized carbons (Fsp3) is 0.304. The summed E-state index contributed by atoms with van der Waals surface area (Å²) in [5.74, 6) is 0.661. The first-order chi connectivity index (χ1) is 15.5. The van der Waals surface area contributed by atoms with E-state index in [1.54, 1.807) is 42.3 Å². The number of amides is 1. The van der Waals surface area contributed by atoms with Crippen molar-refractivity contribution in [2.75, 3.05) is 26.2 Å². The summed E-state index contributed by atoms with van der Waals surface area (Å²) < 4.78 is 11.2. The van der Waals surface area contributed by atoms with Gasteiger partial charge in [-0.2, -0.15) is 0 Å². The van der Waals surface area contributed by atoms with Gasteiger partial charge in [-0.1, -0.05) is 12.1 Å². The number of aryl methyl sites for hydroxylation is 1. The maximum atomic E-state index is 12.8. The van der Waals surface area contributed by atoms with Crippen molar-refractivity contribution in [1.82, 2.24) is 14.8 Å². The molecule has 0 saturated carbocycles. The minimum absolute atomic E-state index is 0.00390. The van der Waals surface area contributed by atoms with Crippen LogP contribution in [0, 0.1) is 17.0 Å². The fourth-order valence-electron chi connectivity index (χ4n) is 3.63. The van der Waals surface area contributed by atoms with Crippen molar-refractivity contribution in [3.63, 3.8) is 0 Å². The molecule has 0 aliphatic carbocycles. The first-order valence-electron chi connectivity index (χ1n) is 10.4. The van der Waals surface area contributed by atoms with Crippen LogP contribution >= 0.6 is 0 Å². The topological polar surface area (TPSA) is 102 Å². The Labute approximate surface area is 185 Å². The van der Waals surface area contributed by atoms with Gasteiger partial charge in [-0.3, -0.25) is 24.8 Å². The van der Waals surface area contributed by atoms with E-state index in [1.165, 1.54) is 6.07 Å². The summed E-state index contributed by atoms with van der Waals surface area (Å²) in [7, 11) is 0. The molecule has 0 N–H and O–H groups in total. The summed E-state index contributed by atoms with van der Waals surface area (Å²) in [5.41, 5.74) is 1.82. The molecule has 0 spiro atoms. The van der Waals surface area contributed by atoms with E-state index < -0.39 is 4.92 Å². The zero-order valence-corrected chi connectivity index (χ0v) is 17.8. The summed E-state index contributed by atoms with van der Waals surface area (Å²) >= 11 is 0. The predicted molar refractivity (Wildman–Crippen MR) is 116 cm³/mol. The number of nitrogens with zero attached hydrogens (tertiary/aromatic N) is 4. The largest absolute Gasteiger partial charge is 0.479 e. The van der Waals surface area contributed by atoms with Crippen molar-refractivity contribution in [2.45, 2.75) is 20.1 Å². The first-order valence-corrected chi connectivity index (χ1v) is 10.4. The van der Waals surface area contributed by atoms with E-state index >= 15 is 0 Å². The number of rotatable bonds is 7. The lowest BCUT2D eigenvalue weighted by molar-refractivity contribution is -0.386. The maximum Gasteiger partial charge on any atom is 0.311 e. The highest BCUT2D eigenvalue weighted by Crippen LogP contribution is 2.28. The van der Waals surface area contributed by atoms with Crippen molar-refractivity contribution in [2.24, 2.45) is 0 Å². The number of furan rings is 1. The molecule has 0 radical (unpaired) electrons. The van der Waals surface area contributed by atoms with Gasteiger partial charge < -0.3 is 14.1 Å². The van der Waals surface area contributed by atoms with Crippen LogP contribution in [0.25, 0.3) is 0 Å². The number of carbonyl (C=O) groups is 1. The normalized spacial score (nSPS) is 14.3. The second-order valence-corrected chi connectivity index (χ2v) is 7.71. The quantitative estimate of drug-likeness (QED) is 0.413. The number of ether oxygens (including phenoxy) is 1. The molecule has 166 valence electrons. The number of piperazine rings is 1. The Balaban J connectivity index is 1.31. The molecular weight excluding hydrogens is 412 g/mol. The van der Waals surface area contributed by atoms with E-state index in [2.05, 4.69) is 9.88 Å². The Bertz CT molecular complexity index is 1090. The number of carbonyl (C=O) groups excluding carboxylic acids is 1. The molecular formula is C23H24N4O5. The fourth-order valence-corrected chi connectivity index (χ4v) is 3.63. The number of nitro groups is 1. The van der Waals surface area contributed by atoms with E-state index in [0.717, 1.165) is 30.8 Å². The van der Waals surface area contributed by atoms with Crippen molar-refractivity contribution in [3.05, 3.63) is 87.6 Å². The molecule has 2 aromatic heterocycles. The molecule has 1 amide bonds. The van der Waals surface area contributed by atoms with Crippen molar-refractivity contribution in [1.29, 1.82) is 0 Å². The summed E-state index contributed by atoms with van der Waals surface area (Å²) in [5, 5.41) is 11.2. The van der Waals surface area contributed by atoms with Crippen LogP contribution in [0.3, 0.4) is 0 Å². The molecule has 32 heavy (non-hydrogen) atoms. The third kappa shape index (κ3) is 5.12. The Morgan fingerprint density at radius 2 is 2.00 bits per heavy atom. The number of pyridine rings is 1. The highest BCUT2D eigenvalue weighted by atomic mass is 16.6. The monoisotopic (exact) mass is 436 g/mol. The van der Waals surface area contributed by atoms with Crippen LogP contribution < -0.4 is 4.74 Å². The number of hydrogen-bond donors (Lipinski definition) is 0. The Hall–Kier alpha value is -3.72. The molecule has 0 unspecified atom stereocenters. The van der Waals surface area contributed by atoms with Gasteiger partial charge in [-0.25, -0.2) is 0 Å². The Kier molecular flexibility index (Phi) is 6.46. The van der Waals surface area contributed by atoms with Gasteiger partial charge in [-0.05, 0) is 42.3 Å². The lowest BCUT2D eigenvalue weighted by Crippen LogP contribution is -2.48. The SMILES string of the molecule is Cc1ccc(OCc2ccc(C(=O)N3CCN(Cc4cccnc4)CC3)o2)c([N+](=O)[O-])c1. The molecule has 3 aromatic rings. The van der Waals surface area contributed by atoms with Crippen molar-refractivity contribution < 1.29 is 18.9 Å². The first kappa shape index (κ1) is 21.5. The van der Waals surface area contributed by atoms with Gasteiger partial charge in [0, 0.05) is 51.2 Å². The summed E-state index contributed by atoms with van der Waals surface area (Å²) in [6.07, 6.45) is 3.61. The van der Waals surface area contributed by atoms with Gasteiger partial charge in [-0.15, -0.1) is 0 Å². The Morgan fingerprint density at radius 3 is 2.72 bits per heavy atom. The molecule has 1 saturated heterocycles. The Morgan fingerprint density at radius 1 is 1.19 bits per heavy atom. The molecule has 1 aliphatic heterocycles. The zero-order valence-electron chi connectivity index (χ0n) is 17.8. The second kappa shape index (κ2) is 9.61. The molecule has 0 bridgehead atoms. The second-order valence-electron chi connectivity index (χ2n) is 7.71. The third-order valence-electron chi connectivity index (χ3n) is 5.34. The summed E-state index contributed by atoms with van der Waals surface area (Å²) in [6.45, 7) is 5.35. The van der Waals surface area contributed by atoms with Gasteiger partial charge >= 0.3 is 5.69 Å². The molecule has 9 nitrogen and oxygen atoms in total. The number of benzene rings is 1.